The van der Waals surface area contributed by atoms with Gasteiger partial charge in [-0.15, -0.1) is 0 Å². The number of fused-ring (bicyclic) bond motifs is 2. The number of rotatable bonds is 5. The average molecular weight is 478 g/mol. The molecule has 0 aliphatic carbocycles. The minimum Gasteiger partial charge on any atom is -0.366 e. The second-order valence-electron chi connectivity index (χ2n) is 9.79. The third-order valence-corrected chi connectivity index (χ3v) is 7.24. The molecule has 3 aromatic carbocycles. The van der Waals surface area contributed by atoms with E-state index in [1.165, 1.54) is 22.4 Å². The van der Waals surface area contributed by atoms with Crippen molar-refractivity contribution in [2.45, 2.75) is 26.3 Å². The van der Waals surface area contributed by atoms with Crippen LogP contribution in [0.5, 0.6) is 0 Å². The first-order chi connectivity index (χ1) is 17.5. The van der Waals surface area contributed by atoms with Crippen molar-refractivity contribution in [3.8, 4) is 0 Å². The molecule has 182 valence electrons. The highest BCUT2D eigenvalue weighted by Crippen LogP contribution is 2.29. The fourth-order valence-corrected chi connectivity index (χ4v) is 5.17. The number of benzene rings is 3. The summed E-state index contributed by atoms with van der Waals surface area (Å²) in [4.78, 5) is 16.1. The molecule has 0 bridgehead atoms. The Kier molecular flexibility index (Phi) is 5.77. The maximum Gasteiger partial charge on any atom is 0.141 e. The summed E-state index contributed by atoms with van der Waals surface area (Å²) in [6.45, 7) is 7.42. The lowest BCUT2D eigenvalue weighted by molar-refractivity contribution is 0.501. The molecule has 2 aromatic heterocycles. The first-order valence-electron chi connectivity index (χ1n) is 12.5. The van der Waals surface area contributed by atoms with Crippen LogP contribution < -0.4 is 15.5 Å². The number of piperazine rings is 1. The van der Waals surface area contributed by atoms with Crippen molar-refractivity contribution in [2.75, 3.05) is 29.9 Å². The number of hydrogen-bond donors (Lipinski definition) is 2. The Bertz CT molecular complexity index is 1550. The summed E-state index contributed by atoms with van der Waals surface area (Å²) in [5.41, 5.74) is 9.19. The minimum absolute atomic E-state index is 0.450. The molecule has 7 nitrogen and oxygen atoms in total. The number of nitrogens with zero attached hydrogens (tertiary/aromatic N) is 5. The molecule has 0 amide bonds. The van der Waals surface area contributed by atoms with E-state index in [0.717, 1.165) is 59.5 Å². The summed E-state index contributed by atoms with van der Waals surface area (Å²) >= 11 is 0. The Labute approximate surface area is 211 Å². The van der Waals surface area contributed by atoms with Gasteiger partial charge in [-0.05, 0) is 79.4 Å². The fraction of sp³-hybridized carbons (Fsp3) is 0.276. The van der Waals surface area contributed by atoms with E-state index in [1.54, 1.807) is 6.33 Å². The van der Waals surface area contributed by atoms with Gasteiger partial charge in [-0.25, -0.2) is 15.0 Å². The van der Waals surface area contributed by atoms with Gasteiger partial charge in [0.2, 0.25) is 0 Å². The van der Waals surface area contributed by atoms with Gasteiger partial charge in [0.05, 0.1) is 22.9 Å². The summed E-state index contributed by atoms with van der Waals surface area (Å²) in [6, 6.07) is 20.0. The molecule has 0 spiro atoms. The van der Waals surface area contributed by atoms with Crippen LogP contribution in [0.15, 0.2) is 67.3 Å². The van der Waals surface area contributed by atoms with Crippen molar-refractivity contribution in [3.05, 3.63) is 83.9 Å². The Morgan fingerprint density at radius 2 is 1.92 bits per heavy atom. The number of aryl methyl sites for hydroxylation is 2. The molecule has 6 rings (SSSR count). The summed E-state index contributed by atoms with van der Waals surface area (Å²) < 4.78 is 2.05. The largest absolute Gasteiger partial charge is 0.366 e. The molecule has 3 heterocycles. The molecule has 0 radical (unpaired) electrons. The van der Waals surface area contributed by atoms with Crippen molar-refractivity contribution in [1.82, 2.24) is 24.8 Å². The standard InChI is InChI=1S/C29H31N7/c1-19-12-23(6-5-22(19)13-21-4-9-28-27(14-21)33-18-35(28)3)34-29-25-15-24(7-8-26(25)31-17-32-29)36-11-10-30-16-20(36)2/h4-9,12,14-15,17-18,20,30H,10-11,13,16H2,1-3H3,(H,31,32,34)/t20-/m0/s1. The van der Waals surface area contributed by atoms with Crippen LogP contribution in [0.2, 0.25) is 0 Å². The predicted molar refractivity (Wildman–Crippen MR) is 147 cm³/mol. The molecule has 0 unspecified atom stereocenters. The number of hydrogen-bond acceptors (Lipinski definition) is 6. The average Bonchev–Trinajstić information content (AvgIpc) is 3.26. The van der Waals surface area contributed by atoms with E-state index in [0.29, 0.717) is 6.04 Å². The molecule has 1 saturated heterocycles. The highest BCUT2D eigenvalue weighted by molar-refractivity contribution is 5.93. The summed E-state index contributed by atoms with van der Waals surface area (Å²) in [7, 11) is 2.03. The van der Waals surface area contributed by atoms with Gasteiger partial charge < -0.3 is 20.1 Å². The monoisotopic (exact) mass is 477 g/mol. The van der Waals surface area contributed by atoms with Crippen LogP contribution in [0.4, 0.5) is 17.2 Å². The zero-order valence-electron chi connectivity index (χ0n) is 21.0. The maximum atomic E-state index is 4.60. The van der Waals surface area contributed by atoms with Gasteiger partial charge in [0, 0.05) is 49.5 Å². The van der Waals surface area contributed by atoms with Crippen LogP contribution in [-0.2, 0) is 13.5 Å². The van der Waals surface area contributed by atoms with Gasteiger partial charge in [-0.1, -0.05) is 12.1 Å². The first kappa shape index (κ1) is 22.5. The lowest BCUT2D eigenvalue weighted by Gasteiger charge is -2.36. The van der Waals surface area contributed by atoms with Crippen molar-refractivity contribution in [1.29, 1.82) is 0 Å². The van der Waals surface area contributed by atoms with Crippen LogP contribution in [0.3, 0.4) is 0 Å². The van der Waals surface area contributed by atoms with Crippen molar-refractivity contribution >= 4 is 39.1 Å². The van der Waals surface area contributed by atoms with E-state index in [4.69, 9.17) is 0 Å². The molecule has 1 aliphatic heterocycles. The van der Waals surface area contributed by atoms with Crippen molar-refractivity contribution in [3.63, 3.8) is 0 Å². The molecule has 1 atom stereocenters. The molecule has 7 heteroatoms. The Morgan fingerprint density at radius 1 is 1.00 bits per heavy atom. The molecule has 36 heavy (non-hydrogen) atoms. The summed E-state index contributed by atoms with van der Waals surface area (Å²) in [5, 5.41) is 8.05. The Hall–Kier alpha value is -3.97. The highest BCUT2D eigenvalue weighted by Gasteiger charge is 2.19. The van der Waals surface area contributed by atoms with Gasteiger partial charge in [-0.3, -0.25) is 0 Å². The highest BCUT2D eigenvalue weighted by atomic mass is 15.2. The van der Waals surface area contributed by atoms with Crippen LogP contribution in [-0.4, -0.2) is 45.2 Å². The normalized spacial score (nSPS) is 16.1. The zero-order chi connectivity index (χ0) is 24.6. The molecule has 2 N–H and O–H groups in total. The lowest BCUT2D eigenvalue weighted by atomic mass is 9.99. The SMILES string of the molecule is Cc1cc(Nc2ncnc3ccc(N4CCNC[C@@H]4C)cc23)ccc1Cc1ccc2c(c1)ncn2C. The van der Waals surface area contributed by atoms with Crippen molar-refractivity contribution < 1.29 is 0 Å². The van der Waals surface area contributed by atoms with Gasteiger partial charge in [-0.2, -0.15) is 0 Å². The maximum absolute atomic E-state index is 4.60. The zero-order valence-corrected chi connectivity index (χ0v) is 21.0. The summed E-state index contributed by atoms with van der Waals surface area (Å²) in [5.74, 6) is 0.831. The van der Waals surface area contributed by atoms with E-state index in [9.17, 15) is 0 Å². The number of anilines is 3. The van der Waals surface area contributed by atoms with E-state index in [2.05, 4.69) is 103 Å². The van der Waals surface area contributed by atoms with Crippen molar-refractivity contribution in [2.24, 2.45) is 7.05 Å². The Morgan fingerprint density at radius 3 is 2.78 bits per heavy atom. The van der Waals surface area contributed by atoms with Gasteiger partial charge in [0.15, 0.2) is 0 Å². The molecular formula is C29H31N7. The van der Waals surface area contributed by atoms with Gasteiger partial charge in [0.25, 0.3) is 0 Å². The van der Waals surface area contributed by atoms with Crippen LogP contribution in [0, 0.1) is 6.92 Å². The minimum atomic E-state index is 0.450. The third kappa shape index (κ3) is 4.27. The topological polar surface area (TPSA) is 70.9 Å². The number of imidazole rings is 1. The second-order valence-corrected chi connectivity index (χ2v) is 9.79. The smallest absolute Gasteiger partial charge is 0.141 e. The number of nitrogens with one attached hydrogen (secondary N) is 2. The van der Waals surface area contributed by atoms with Gasteiger partial charge >= 0.3 is 0 Å². The lowest BCUT2D eigenvalue weighted by Crippen LogP contribution is -2.49. The molecular weight excluding hydrogens is 446 g/mol. The molecule has 0 saturated carbocycles. The van der Waals surface area contributed by atoms with Crippen LogP contribution in [0.25, 0.3) is 21.9 Å². The first-order valence-corrected chi connectivity index (χ1v) is 12.5. The van der Waals surface area contributed by atoms with Crippen LogP contribution >= 0.6 is 0 Å². The van der Waals surface area contributed by atoms with E-state index >= 15 is 0 Å². The predicted octanol–water partition coefficient (Wildman–Crippen LogP) is 4.96. The Balaban J connectivity index is 1.25. The quantitative estimate of drug-likeness (QED) is 0.373. The third-order valence-electron chi connectivity index (χ3n) is 7.24. The molecule has 1 fully saturated rings. The number of aromatic nitrogens is 4. The molecule has 1 aliphatic rings. The van der Waals surface area contributed by atoms with E-state index in [1.807, 2.05) is 13.4 Å². The van der Waals surface area contributed by atoms with Crippen LogP contribution in [0.1, 0.15) is 23.6 Å². The van der Waals surface area contributed by atoms with E-state index < -0.39 is 0 Å². The second kappa shape index (κ2) is 9.24. The fourth-order valence-electron chi connectivity index (χ4n) is 5.17. The van der Waals surface area contributed by atoms with E-state index in [-0.39, 0.29) is 0 Å². The summed E-state index contributed by atoms with van der Waals surface area (Å²) in [6.07, 6.45) is 4.37. The molecule has 5 aromatic rings. The van der Waals surface area contributed by atoms with Gasteiger partial charge in [0.1, 0.15) is 12.1 Å².